The van der Waals surface area contributed by atoms with Crippen LogP contribution in [-0.2, 0) is 27.1 Å². The molecule has 19 heteroatoms. The first-order valence-corrected chi connectivity index (χ1v) is 33.1. The Bertz CT molecular complexity index is 3750. The highest BCUT2D eigenvalue weighted by atomic mass is 16.6. The lowest BCUT2D eigenvalue weighted by molar-refractivity contribution is -0.197. The van der Waals surface area contributed by atoms with Gasteiger partial charge in [0.2, 0.25) is 5.75 Å². The number of phenols is 3. The third-order valence-electron chi connectivity index (χ3n) is 21.8. The fraction of sp³-hybridized carbons (Fsp3) is 0.514. The summed E-state index contributed by atoms with van der Waals surface area (Å²) in [5, 5.41) is 68.3. The number of fused-ring (bicyclic) bond motifs is 5. The molecule has 91 heavy (non-hydrogen) atoms. The number of allylic oxidation sites excluding steroid dienone is 3. The Morgan fingerprint density at radius 2 is 1.89 bits per heavy atom. The molecule has 5 aliphatic heterocycles. The average molecular weight is 1240 g/mol. The van der Waals surface area contributed by atoms with E-state index in [0.717, 1.165) is 79.9 Å². The second-order valence-corrected chi connectivity index (χ2v) is 27.3. The van der Waals surface area contributed by atoms with Crippen LogP contribution in [0.2, 0.25) is 0 Å². The third-order valence-corrected chi connectivity index (χ3v) is 21.8. The number of nitrogens with one attached hydrogen (secondary N) is 6. The lowest BCUT2D eigenvalue weighted by atomic mass is 9.57. The maximum absolute atomic E-state index is 13.6. The molecule has 3 saturated carbocycles. The third kappa shape index (κ3) is 11.8. The Kier molecular flexibility index (Phi) is 16.8. The summed E-state index contributed by atoms with van der Waals surface area (Å²) in [5.74, 6) is 14.1. The monoisotopic (exact) mass is 1230 g/mol. The number of hydrogen-bond acceptors (Lipinski definition) is 15. The lowest BCUT2D eigenvalue weighted by Crippen LogP contribution is -2.75. The van der Waals surface area contributed by atoms with E-state index in [1.54, 1.807) is 24.5 Å². The summed E-state index contributed by atoms with van der Waals surface area (Å²) in [4.78, 5) is 26.8. The summed E-state index contributed by atoms with van der Waals surface area (Å²) in [7, 11) is 2.03. The molecule has 8 heterocycles. The number of carbonyl (C=O) groups is 1. The molecular weight excluding hydrogens is 1150 g/mol. The Morgan fingerprint density at radius 1 is 1.00 bits per heavy atom. The number of aliphatic hydroxyl groups is 1. The van der Waals surface area contributed by atoms with Gasteiger partial charge in [-0.25, -0.2) is 0 Å². The molecule has 5 aromatic rings. The van der Waals surface area contributed by atoms with Gasteiger partial charge in [-0.15, -0.1) is 5.92 Å². The zero-order valence-corrected chi connectivity index (χ0v) is 52.0. The maximum Gasteiger partial charge on any atom is 0.302 e. The number of hydrogen-bond donors (Lipinski definition) is 11. The summed E-state index contributed by atoms with van der Waals surface area (Å²) >= 11 is 0. The summed E-state index contributed by atoms with van der Waals surface area (Å²) in [6.07, 6.45) is 24.9. The van der Waals surface area contributed by atoms with Gasteiger partial charge in [0, 0.05) is 105 Å². The van der Waals surface area contributed by atoms with Crippen LogP contribution in [0.5, 0.6) is 28.7 Å². The topological polar surface area (TPSA) is 267 Å². The molecule has 5 fully saturated rings. The number of aromatic hydroxyl groups is 3. The van der Waals surface area contributed by atoms with Crippen LogP contribution in [0, 0.1) is 70.0 Å². The molecule has 0 radical (unpaired) electrons. The molecule has 478 valence electrons. The fourth-order valence-electron chi connectivity index (χ4n) is 17.4. The number of benzene rings is 2. The normalized spacial score (nSPS) is 34.4. The number of rotatable bonds is 13. The van der Waals surface area contributed by atoms with Gasteiger partial charge < -0.3 is 75.9 Å². The minimum Gasteiger partial charge on any atom is -0.504 e. The molecular formula is C72H86N10O9. The fourth-order valence-corrected chi connectivity index (χ4v) is 17.4. The number of pyridine rings is 1. The zero-order valence-electron chi connectivity index (χ0n) is 52.0. The summed E-state index contributed by atoms with van der Waals surface area (Å²) in [6.45, 7) is 3.69. The summed E-state index contributed by atoms with van der Waals surface area (Å²) in [5.41, 5.74) is 8.81. The molecule has 2 saturated heterocycles. The van der Waals surface area contributed by atoms with Gasteiger partial charge in [-0.1, -0.05) is 67.4 Å². The molecule has 14 rings (SSSR count). The van der Waals surface area contributed by atoms with E-state index in [1.165, 1.54) is 18.6 Å². The number of aliphatic hydroxyl groups excluding tert-OH is 1. The number of nitrogens with two attached hydrogens (primary N) is 1. The Balaban J connectivity index is 0.934. The van der Waals surface area contributed by atoms with Gasteiger partial charge in [-0.05, 0) is 147 Å². The molecule has 16 atom stereocenters. The first-order chi connectivity index (χ1) is 44.3. The minimum atomic E-state index is -1.09. The average Bonchev–Trinajstić information content (AvgIpc) is 1.54. The molecule has 0 amide bonds. The van der Waals surface area contributed by atoms with E-state index in [2.05, 4.69) is 108 Å². The second-order valence-electron chi connectivity index (χ2n) is 27.3. The van der Waals surface area contributed by atoms with Gasteiger partial charge >= 0.3 is 5.97 Å². The standard InChI is InChI=1S/C72H86N10O9/c1-43(83)89-60-35-59(49-33-57(85)65(86)62(34-49)88-30-23-44-9-8-27-75-38-44)91-66-52(60)18-16-50-17-19-53-58-14-7-26-72(53)64(68(87)79-54-13-4-3-10-47(54)11-5-25-71(50,66)37-45-15-20-56(84)61(31-45)90-58)67(82-40-48-22-29-76-55(48)41-82)80-69(81-72)78-42-70(24-6-12-51(70)39-74-2)36-46-21-28-77-63(73)32-46/h8-9,15-16,18,20-22,27,29,31-34,38,40-41,47,50-54,58-60,64,66-68,74,76-77,79,84-87H,3-4,6-7,10,12-14,23-26,28,30,35-37,39,42,73H2,1-2H3,(H2,78,80,81)/t47-,50-,51-,52+,53+,54-,58-,59+,60+,64-,66-,67+,68-,70-,71-,72+/m1/s1. The van der Waals surface area contributed by atoms with Crippen LogP contribution in [0.1, 0.15) is 119 Å². The van der Waals surface area contributed by atoms with Crippen LogP contribution in [0.4, 0.5) is 0 Å². The van der Waals surface area contributed by atoms with Gasteiger partial charge in [-0.3, -0.25) is 20.1 Å². The number of phenolic OH excluding ortho intramolecular Hbond substituents is 3. The molecule has 4 aliphatic carbocycles. The second kappa shape index (κ2) is 25.2. The summed E-state index contributed by atoms with van der Waals surface area (Å²) in [6, 6.07) is 14.5. The van der Waals surface area contributed by atoms with E-state index in [1.807, 2.05) is 37.5 Å². The SMILES string of the molecule is CNC[C@H]1CCC[C@]1(CN=C1N[C@@H](n2cc3cc[nH]c3c2)[C@@H]2[C@@H](O)N[C@@H]3CCCC[C@@H]3C#CC[C@@]34Cc5ccc(O)c(c5)O[C@@H]5CCC[C@]2(N1)[C@H]5C#C[C@H]3C=C[C@H]1[C@@H](OC(C)=O)C[C@@H](c2cc(O)c(O)c(OCCc3cccnc3)c2)O[C@H]14)CC1=CCNC(N)=C1. The van der Waals surface area contributed by atoms with E-state index < -0.39 is 83.2 Å². The molecule has 1 spiro atoms. The van der Waals surface area contributed by atoms with Crippen LogP contribution in [0.15, 0.2) is 120 Å². The predicted octanol–water partition coefficient (Wildman–Crippen LogP) is 8.16. The van der Waals surface area contributed by atoms with Crippen LogP contribution in [0.25, 0.3) is 10.9 Å². The van der Waals surface area contributed by atoms with Crippen LogP contribution < -0.4 is 41.8 Å². The number of dihydropyridines is 1. The van der Waals surface area contributed by atoms with E-state index in [4.69, 9.17) is 29.7 Å². The smallest absolute Gasteiger partial charge is 0.302 e. The lowest BCUT2D eigenvalue weighted by Gasteiger charge is -2.57. The number of nitrogens with zero attached hydrogens (tertiary/aromatic N) is 3. The highest BCUT2D eigenvalue weighted by Crippen LogP contribution is 2.56. The number of aromatic nitrogens is 3. The number of guanidine groups is 1. The summed E-state index contributed by atoms with van der Waals surface area (Å²) < 4.78 is 29.7. The maximum atomic E-state index is 13.6. The van der Waals surface area contributed by atoms with Crippen LogP contribution >= 0.6 is 0 Å². The zero-order chi connectivity index (χ0) is 62.4. The van der Waals surface area contributed by atoms with Crippen molar-refractivity contribution in [2.45, 2.75) is 152 Å². The highest BCUT2D eigenvalue weighted by Gasteiger charge is 2.61. The van der Waals surface area contributed by atoms with E-state index in [-0.39, 0.29) is 47.7 Å². The van der Waals surface area contributed by atoms with Gasteiger partial charge in [0.05, 0.1) is 47.5 Å². The number of carbonyl (C=O) groups excluding carboxylic acids is 1. The van der Waals surface area contributed by atoms with Crippen molar-refractivity contribution in [1.82, 2.24) is 41.1 Å². The predicted molar refractivity (Wildman–Crippen MR) is 345 cm³/mol. The molecule has 3 aromatic heterocycles. The van der Waals surface area contributed by atoms with Crippen molar-refractivity contribution in [3.8, 4) is 52.4 Å². The van der Waals surface area contributed by atoms with E-state index in [0.29, 0.717) is 80.6 Å². The van der Waals surface area contributed by atoms with Crippen molar-refractivity contribution in [1.29, 1.82) is 0 Å². The van der Waals surface area contributed by atoms with Crippen molar-refractivity contribution in [2.24, 2.45) is 57.1 Å². The number of ether oxygens (including phenoxy) is 4. The Hall–Kier alpha value is -8.07. The van der Waals surface area contributed by atoms with Crippen molar-refractivity contribution >= 4 is 22.8 Å². The van der Waals surface area contributed by atoms with E-state index in [9.17, 15) is 25.2 Å². The number of aromatic amines is 1. The van der Waals surface area contributed by atoms with Gasteiger partial charge in [0.15, 0.2) is 29.0 Å². The first kappa shape index (κ1) is 60.5. The number of H-pyrrole nitrogens is 1. The van der Waals surface area contributed by atoms with Crippen LogP contribution in [0.3, 0.4) is 0 Å². The van der Waals surface area contributed by atoms with Crippen molar-refractivity contribution in [3.05, 3.63) is 132 Å². The Labute approximate surface area is 532 Å². The molecule has 12 N–H and O–H groups in total. The van der Waals surface area contributed by atoms with E-state index >= 15 is 0 Å². The number of aliphatic imine (C=N–C) groups is 1. The largest absolute Gasteiger partial charge is 0.504 e. The van der Waals surface area contributed by atoms with Gasteiger partial charge in [0.1, 0.15) is 24.6 Å². The van der Waals surface area contributed by atoms with Crippen molar-refractivity contribution < 1.29 is 44.2 Å². The highest BCUT2D eigenvalue weighted by molar-refractivity contribution is 5.83. The molecule has 4 bridgehead atoms. The van der Waals surface area contributed by atoms with Gasteiger partial charge in [0.25, 0.3) is 0 Å². The molecule has 9 aliphatic rings. The van der Waals surface area contributed by atoms with Gasteiger partial charge in [-0.2, -0.15) is 0 Å². The quantitative estimate of drug-likeness (QED) is 0.0230. The first-order valence-electron chi connectivity index (χ1n) is 33.1. The van der Waals surface area contributed by atoms with Crippen LogP contribution in [-0.4, -0.2) is 116 Å². The minimum absolute atomic E-state index is 0.00450. The van der Waals surface area contributed by atoms with Crippen molar-refractivity contribution in [3.63, 3.8) is 0 Å². The molecule has 0 unspecified atom stereocenters. The number of esters is 1. The Morgan fingerprint density at radius 3 is 2.74 bits per heavy atom. The molecule has 19 nitrogen and oxygen atoms in total. The van der Waals surface area contributed by atoms with Crippen molar-refractivity contribution in [2.75, 3.05) is 33.3 Å². The molecule has 2 aromatic carbocycles.